The van der Waals surface area contributed by atoms with E-state index < -0.39 is 0 Å². The lowest BCUT2D eigenvalue weighted by molar-refractivity contribution is -0.135. The van der Waals surface area contributed by atoms with Gasteiger partial charge in [0.05, 0.1) is 23.1 Å². The third kappa shape index (κ3) is 4.77. The Morgan fingerprint density at radius 1 is 1.11 bits per heavy atom. The average molecular weight is 396 g/mol. The van der Waals surface area contributed by atoms with Gasteiger partial charge in [0.1, 0.15) is 6.33 Å². The van der Waals surface area contributed by atoms with Crippen LogP contribution in [-0.4, -0.2) is 53.1 Å². The molecule has 0 radical (unpaired) electrons. The fourth-order valence-corrected chi connectivity index (χ4v) is 3.13. The van der Waals surface area contributed by atoms with Crippen molar-refractivity contribution < 1.29 is 14.3 Å². The Labute approximate surface area is 167 Å². The van der Waals surface area contributed by atoms with Gasteiger partial charge in [-0.2, -0.15) is 0 Å². The van der Waals surface area contributed by atoms with Crippen molar-refractivity contribution in [2.75, 3.05) is 31.8 Å². The summed E-state index contributed by atoms with van der Waals surface area (Å²) in [5, 5.41) is 3.56. The van der Waals surface area contributed by atoms with Crippen LogP contribution in [0.1, 0.15) is 0 Å². The highest BCUT2D eigenvalue weighted by Gasteiger charge is 2.15. The molecule has 0 aliphatic carbocycles. The Bertz CT molecular complexity index is 991. The topological polar surface area (TPSA) is 84.4 Å². The number of para-hydroxylation sites is 2. The number of ether oxygens (including phenoxy) is 1. The van der Waals surface area contributed by atoms with Gasteiger partial charge in [-0.25, -0.2) is 9.97 Å². The van der Waals surface area contributed by atoms with E-state index in [4.69, 9.17) is 4.74 Å². The molecule has 3 rings (SSSR count). The predicted molar refractivity (Wildman–Crippen MR) is 110 cm³/mol. The summed E-state index contributed by atoms with van der Waals surface area (Å²) >= 11 is 1.54. The molecule has 28 heavy (non-hydrogen) atoms. The minimum Gasteiger partial charge on any atom is -0.467 e. The summed E-state index contributed by atoms with van der Waals surface area (Å²) < 4.78 is 5.56. The normalized spacial score (nSPS) is 10.5. The monoisotopic (exact) mass is 396 g/mol. The highest BCUT2D eigenvalue weighted by atomic mass is 32.2. The summed E-state index contributed by atoms with van der Waals surface area (Å²) in [6, 6.07) is 14.9. The van der Waals surface area contributed by atoms with Crippen molar-refractivity contribution in [1.29, 1.82) is 0 Å². The van der Waals surface area contributed by atoms with E-state index in [1.54, 1.807) is 18.8 Å². The molecule has 3 aromatic rings. The molecule has 0 atom stereocenters. The van der Waals surface area contributed by atoms with Crippen LogP contribution in [0.2, 0.25) is 0 Å². The summed E-state index contributed by atoms with van der Waals surface area (Å²) in [7, 11) is 1.56. The Kier molecular flexibility index (Phi) is 6.44. The van der Waals surface area contributed by atoms with Gasteiger partial charge in [0.2, 0.25) is 11.8 Å². The fourth-order valence-electron chi connectivity index (χ4n) is 2.58. The van der Waals surface area contributed by atoms with Gasteiger partial charge in [-0.15, -0.1) is 11.8 Å². The van der Waals surface area contributed by atoms with E-state index in [0.29, 0.717) is 5.88 Å². The van der Waals surface area contributed by atoms with Gasteiger partial charge < -0.3 is 15.0 Å². The zero-order valence-corrected chi connectivity index (χ0v) is 16.4. The van der Waals surface area contributed by atoms with Crippen LogP contribution in [0.3, 0.4) is 0 Å². The van der Waals surface area contributed by atoms with E-state index in [9.17, 15) is 9.59 Å². The Hall–Kier alpha value is -3.13. The average Bonchev–Trinajstić information content (AvgIpc) is 2.72. The molecular weight excluding hydrogens is 376 g/mol. The second kappa shape index (κ2) is 9.18. The van der Waals surface area contributed by atoms with Gasteiger partial charge in [0.15, 0.2) is 6.61 Å². The summed E-state index contributed by atoms with van der Waals surface area (Å²) in [4.78, 5) is 35.1. The molecule has 1 N–H and O–H groups in total. The molecule has 0 unspecified atom stereocenters. The van der Waals surface area contributed by atoms with E-state index in [0.717, 1.165) is 21.5 Å². The Morgan fingerprint density at radius 2 is 1.86 bits per heavy atom. The number of nitrogens with one attached hydrogen (secondary N) is 1. The smallest absolute Gasteiger partial charge is 0.260 e. The van der Waals surface area contributed by atoms with Crippen molar-refractivity contribution in [3.63, 3.8) is 0 Å². The molecular formula is C20H20N4O3S. The first-order chi connectivity index (χ1) is 13.6. The molecule has 0 spiro atoms. The van der Waals surface area contributed by atoms with E-state index in [1.165, 1.54) is 11.2 Å². The second-order valence-electron chi connectivity index (χ2n) is 5.98. The van der Waals surface area contributed by atoms with Crippen LogP contribution in [0.4, 0.5) is 5.69 Å². The quantitative estimate of drug-likeness (QED) is 0.618. The number of hydrogen-bond donors (Lipinski definition) is 1. The molecule has 0 aliphatic rings. The maximum atomic E-state index is 12.3. The van der Waals surface area contributed by atoms with Crippen molar-refractivity contribution in [3.05, 3.63) is 54.9 Å². The number of fused-ring (bicyclic) bond motifs is 1. The third-order valence-corrected chi connectivity index (χ3v) is 4.82. The van der Waals surface area contributed by atoms with Gasteiger partial charge in [-0.1, -0.05) is 24.3 Å². The van der Waals surface area contributed by atoms with Crippen molar-refractivity contribution in [3.8, 4) is 5.88 Å². The lowest BCUT2D eigenvalue weighted by Gasteiger charge is -2.17. The van der Waals surface area contributed by atoms with Gasteiger partial charge >= 0.3 is 0 Å². The minimum absolute atomic E-state index is 0.0740. The zero-order valence-electron chi connectivity index (χ0n) is 15.6. The van der Waals surface area contributed by atoms with Crippen LogP contribution in [0.5, 0.6) is 5.88 Å². The molecule has 1 heterocycles. The van der Waals surface area contributed by atoms with Crippen LogP contribution in [-0.2, 0) is 9.59 Å². The standard InChI is InChI=1S/C20H20N4O3S/c1-24(11-18(25)23-16-9-5-6-10-17(16)28-2)19(26)12-27-20-14-7-3-4-8-15(14)21-13-22-20/h3-10,13H,11-12H2,1-2H3,(H,23,25). The lowest BCUT2D eigenvalue weighted by Crippen LogP contribution is -2.37. The van der Waals surface area contributed by atoms with Crippen LogP contribution in [0.15, 0.2) is 59.8 Å². The van der Waals surface area contributed by atoms with Crippen molar-refractivity contribution >= 4 is 40.2 Å². The van der Waals surface area contributed by atoms with E-state index in [-0.39, 0.29) is 25.0 Å². The fraction of sp³-hybridized carbons (Fsp3) is 0.200. The van der Waals surface area contributed by atoms with Crippen LogP contribution in [0.25, 0.3) is 10.9 Å². The first-order valence-corrected chi connectivity index (χ1v) is 9.80. The second-order valence-corrected chi connectivity index (χ2v) is 6.83. The molecule has 0 saturated carbocycles. The first kappa shape index (κ1) is 19.6. The number of carbonyl (C=O) groups is 2. The predicted octanol–water partition coefficient (Wildman–Crippen LogP) is 2.83. The number of amides is 2. The maximum Gasteiger partial charge on any atom is 0.260 e. The molecule has 2 amide bonds. The van der Waals surface area contributed by atoms with E-state index in [2.05, 4.69) is 15.3 Å². The summed E-state index contributed by atoms with van der Waals surface area (Å²) in [5.41, 5.74) is 1.46. The summed E-state index contributed by atoms with van der Waals surface area (Å²) in [5.74, 6) is -0.258. The van der Waals surface area contributed by atoms with Crippen LogP contribution < -0.4 is 10.1 Å². The Balaban J connectivity index is 1.56. The molecule has 2 aromatic carbocycles. The number of benzene rings is 2. The maximum absolute atomic E-state index is 12.3. The summed E-state index contributed by atoms with van der Waals surface area (Å²) in [6.07, 6.45) is 3.33. The number of hydrogen-bond acceptors (Lipinski definition) is 6. The molecule has 1 aromatic heterocycles. The van der Waals surface area contributed by atoms with Gasteiger partial charge in [-0.05, 0) is 30.5 Å². The highest BCUT2D eigenvalue weighted by molar-refractivity contribution is 7.98. The number of likely N-dealkylation sites (N-methyl/N-ethyl adjacent to an activating group) is 1. The molecule has 144 valence electrons. The van der Waals surface area contributed by atoms with Gasteiger partial charge in [0, 0.05) is 11.9 Å². The molecule has 7 nitrogen and oxygen atoms in total. The SMILES string of the molecule is CSc1ccccc1NC(=O)CN(C)C(=O)COc1ncnc2ccccc12. The number of thioether (sulfide) groups is 1. The van der Waals surface area contributed by atoms with Crippen molar-refractivity contribution in [2.45, 2.75) is 4.90 Å². The number of aromatic nitrogens is 2. The Morgan fingerprint density at radius 3 is 2.68 bits per heavy atom. The highest BCUT2D eigenvalue weighted by Crippen LogP contribution is 2.24. The molecule has 0 bridgehead atoms. The molecule has 8 heteroatoms. The number of nitrogens with zero attached hydrogens (tertiary/aromatic N) is 3. The largest absolute Gasteiger partial charge is 0.467 e. The molecule has 0 aliphatic heterocycles. The van der Waals surface area contributed by atoms with Gasteiger partial charge in [0.25, 0.3) is 5.91 Å². The number of carbonyl (C=O) groups excluding carboxylic acids is 2. The van der Waals surface area contributed by atoms with Crippen LogP contribution >= 0.6 is 11.8 Å². The van der Waals surface area contributed by atoms with Crippen LogP contribution in [0, 0.1) is 0 Å². The lowest BCUT2D eigenvalue weighted by atomic mass is 10.2. The summed E-state index contributed by atoms with van der Waals surface area (Å²) in [6.45, 7) is -0.290. The number of rotatable bonds is 7. The van der Waals surface area contributed by atoms with Gasteiger partial charge in [-0.3, -0.25) is 9.59 Å². The first-order valence-electron chi connectivity index (χ1n) is 8.58. The third-order valence-electron chi connectivity index (χ3n) is 4.03. The number of anilines is 1. The molecule has 0 saturated heterocycles. The van der Waals surface area contributed by atoms with Crippen molar-refractivity contribution in [2.24, 2.45) is 0 Å². The minimum atomic E-state index is -0.323. The van der Waals surface area contributed by atoms with Crippen molar-refractivity contribution in [1.82, 2.24) is 14.9 Å². The molecule has 0 fully saturated rings. The zero-order chi connectivity index (χ0) is 19.9. The van der Waals surface area contributed by atoms with E-state index >= 15 is 0 Å². The van der Waals surface area contributed by atoms with E-state index in [1.807, 2.05) is 54.8 Å².